The lowest BCUT2D eigenvalue weighted by Gasteiger charge is -2.25. The van der Waals surface area contributed by atoms with E-state index in [2.05, 4.69) is 5.73 Å². The van der Waals surface area contributed by atoms with E-state index in [1.807, 2.05) is 0 Å². The first-order chi connectivity index (χ1) is 12.5. The van der Waals surface area contributed by atoms with Gasteiger partial charge in [-0.1, -0.05) is 36.4 Å². The van der Waals surface area contributed by atoms with Crippen molar-refractivity contribution in [1.29, 1.82) is 0 Å². The average Bonchev–Trinajstić information content (AvgIpc) is 2.62. The minimum atomic E-state index is -4.86. The number of benzene rings is 2. The summed E-state index contributed by atoms with van der Waals surface area (Å²) in [6, 6.07) is 13.5. The number of hydrogen-bond acceptors (Lipinski definition) is 4. The summed E-state index contributed by atoms with van der Waals surface area (Å²) in [4.78, 5) is -0.783. The Hall–Kier alpha value is -2.21. The zero-order chi connectivity index (χ0) is 20.3. The lowest BCUT2D eigenvalue weighted by atomic mass is 10.2. The topological polar surface area (TPSA) is 68.3 Å². The maximum atomic E-state index is 16.2. The number of halogens is 1. The van der Waals surface area contributed by atoms with E-state index in [9.17, 15) is 16.8 Å². The molecule has 0 N–H and O–H groups in total. The molecule has 0 unspecified atom stereocenters. The van der Waals surface area contributed by atoms with Crippen molar-refractivity contribution >= 4 is 19.7 Å². The fraction of sp³-hybridized carbons (Fsp3) is 0.250. The molecule has 2 rings (SSSR count). The molecule has 4 nitrogen and oxygen atoms in total. The van der Waals surface area contributed by atoms with Gasteiger partial charge >= 0.3 is 4.33 Å². The molecular formula is C20H21FO4S2. The van der Waals surface area contributed by atoms with Crippen LogP contribution < -0.4 is 0 Å². The number of rotatable bonds is 6. The summed E-state index contributed by atoms with van der Waals surface area (Å²) < 4.78 is 65.0. The van der Waals surface area contributed by atoms with Crippen LogP contribution in [0.3, 0.4) is 0 Å². The minimum absolute atomic E-state index is 0.191. The van der Waals surface area contributed by atoms with Gasteiger partial charge in [0.2, 0.25) is 19.7 Å². The highest BCUT2D eigenvalue weighted by molar-refractivity contribution is 8.10. The molecule has 0 heterocycles. The zero-order valence-electron chi connectivity index (χ0n) is 15.3. The van der Waals surface area contributed by atoms with Gasteiger partial charge in [0.25, 0.3) is 0 Å². The quantitative estimate of drug-likeness (QED) is 0.662. The third-order valence-electron chi connectivity index (χ3n) is 3.85. The van der Waals surface area contributed by atoms with Crippen LogP contribution in [0.5, 0.6) is 0 Å². The summed E-state index contributed by atoms with van der Waals surface area (Å²) in [5.41, 5.74) is 3.69. The fourth-order valence-corrected chi connectivity index (χ4v) is 6.95. The van der Waals surface area contributed by atoms with Gasteiger partial charge in [-0.3, -0.25) is 0 Å². The Balaban J connectivity index is 2.80. The van der Waals surface area contributed by atoms with E-state index in [1.165, 1.54) is 55.5 Å². The maximum Gasteiger partial charge on any atom is 0.321 e. The standard InChI is InChI=1S/C20H21FO4S2/c1-16(2)14-17(3)15-20(21,26(22,23)18-10-6-4-7-11-18)27(24,25)19-12-8-5-9-13-19/h4-13H,15H2,1-3H3. The van der Waals surface area contributed by atoms with E-state index in [1.54, 1.807) is 26.0 Å². The van der Waals surface area contributed by atoms with Crippen molar-refractivity contribution in [3.8, 4) is 0 Å². The molecule has 0 spiro atoms. The molecule has 27 heavy (non-hydrogen) atoms. The first kappa shape index (κ1) is 21.1. The van der Waals surface area contributed by atoms with Gasteiger partial charge in [-0.2, -0.15) is 0 Å². The Morgan fingerprint density at radius 3 is 1.52 bits per heavy atom. The molecule has 0 aliphatic heterocycles. The Morgan fingerprint density at radius 1 is 0.815 bits per heavy atom. The number of sulfone groups is 2. The van der Waals surface area contributed by atoms with E-state index in [-0.39, 0.29) is 5.57 Å². The highest BCUT2D eigenvalue weighted by Gasteiger charge is 2.57. The smallest absolute Gasteiger partial charge is 0.219 e. The summed E-state index contributed by atoms with van der Waals surface area (Å²) in [6.45, 7) is 4.88. The van der Waals surface area contributed by atoms with Gasteiger partial charge in [0.05, 0.1) is 9.79 Å². The van der Waals surface area contributed by atoms with Crippen LogP contribution in [0.1, 0.15) is 27.2 Å². The molecule has 0 saturated carbocycles. The van der Waals surface area contributed by atoms with E-state index in [0.717, 1.165) is 0 Å². The van der Waals surface area contributed by atoms with Crippen molar-refractivity contribution < 1.29 is 21.2 Å². The monoisotopic (exact) mass is 408 g/mol. The molecule has 0 aliphatic carbocycles. The van der Waals surface area contributed by atoms with Crippen LogP contribution in [-0.4, -0.2) is 21.2 Å². The summed E-state index contributed by atoms with van der Waals surface area (Å²) in [5, 5.41) is 0. The predicted octanol–water partition coefficient (Wildman–Crippen LogP) is 4.46. The van der Waals surface area contributed by atoms with Crippen LogP contribution >= 0.6 is 0 Å². The Labute approximate surface area is 159 Å². The van der Waals surface area contributed by atoms with Crippen LogP contribution in [-0.2, 0) is 19.7 Å². The van der Waals surface area contributed by atoms with Gasteiger partial charge in [0.15, 0.2) is 0 Å². The van der Waals surface area contributed by atoms with Gasteiger partial charge in [-0.25, -0.2) is 21.2 Å². The van der Waals surface area contributed by atoms with Crippen molar-refractivity contribution in [2.75, 3.05) is 0 Å². The summed E-state index contributed by atoms with van der Waals surface area (Å²) in [5.74, 6) is 0. The third-order valence-corrected chi connectivity index (χ3v) is 8.85. The molecule has 0 amide bonds. The largest absolute Gasteiger partial charge is 0.321 e. The highest BCUT2D eigenvalue weighted by Crippen LogP contribution is 2.41. The van der Waals surface area contributed by atoms with Crippen molar-refractivity contribution in [3.05, 3.63) is 77.5 Å². The molecular weight excluding hydrogens is 387 g/mol. The van der Waals surface area contributed by atoms with E-state index in [0.29, 0.717) is 5.57 Å². The lowest BCUT2D eigenvalue weighted by Crippen LogP contribution is -2.42. The van der Waals surface area contributed by atoms with Crippen molar-refractivity contribution in [3.63, 3.8) is 0 Å². The van der Waals surface area contributed by atoms with E-state index in [4.69, 9.17) is 0 Å². The summed E-state index contributed by atoms with van der Waals surface area (Å²) in [7, 11) is -9.72. The van der Waals surface area contributed by atoms with Crippen molar-refractivity contribution in [2.45, 2.75) is 41.3 Å². The van der Waals surface area contributed by atoms with E-state index >= 15 is 4.39 Å². The highest BCUT2D eigenvalue weighted by atomic mass is 32.3. The molecule has 2 aromatic rings. The van der Waals surface area contributed by atoms with Crippen LogP contribution in [0.4, 0.5) is 4.39 Å². The molecule has 0 radical (unpaired) electrons. The van der Waals surface area contributed by atoms with Gasteiger partial charge in [-0.05, 0) is 56.2 Å². The molecule has 144 valence electrons. The second-order valence-corrected chi connectivity index (χ2v) is 10.9. The predicted molar refractivity (Wildman–Crippen MR) is 103 cm³/mol. The van der Waals surface area contributed by atoms with Crippen LogP contribution in [0.2, 0.25) is 0 Å². The second kappa shape index (κ2) is 7.80. The Bertz CT molecular complexity index is 1010. The molecule has 0 atom stereocenters. The fourth-order valence-electron chi connectivity index (χ4n) is 2.67. The first-order valence-electron chi connectivity index (χ1n) is 8.20. The van der Waals surface area contributed by atoms with Crippen LogP contribution in [0.25, 0.3) is 0 Å². The summed E-state index contributed by atoms with van der Waals surface area (Å²) >= 11 is 0. The molecule has 7 heteroatoms. The molecule has 0 aromatic heterocycles. The van der Waals surface area contributed by atoms with Crippen molar-refractivity contribution in [1.82, 2.24) is 0 Å². The van der Waals surface area contributed by atoms with Gasteiger partial charge < -0.3 is 0 Å². The van der Waals surface area contributed by atoms with Crippen LogP contribution in [0, 0.1) is 0 Å². The zero-order valence-corrected chi connectivity index (χ0v) is 16.9. The van der Waals surface area contributed by atoms with Gasteiger partial charge in [0, 0.05) is 6.42 Å². The molecule has 0 fully saturated rings. The number of alkyl halides is 1. The van der Waals surface area contributed by atoms with E-state index < -0.39 is 40.2 Å². The number of allylic oxidation sites excluding steroid dienone is 1. The van der Waals surface area contributed by atoms with Gasteiger partial charge in [-0.15, -0.1) is 5.73 Å². The van der Waals surface area contributed by atoms with Gasteiger partial charge in [0.1, 0.15) is 0 Å². The third kappa shape index (κ3) is 4.05. The molecule has 0 bridgehead atoms. The lowest BCUT2D eigenvalue weighted by molar-refractivity contribution is 0.353. The Morgan fingerprint density at radius 2 is 1.19 bits per heavy atom. The Kier molecular flexibility index (Phi) is 6.10. The average molecular weight is 409 g/mol. The normalized spacial score (nSPS) is 12.3. The van der Waals surface area contributed by atoms with Crippen molar-refractivity contribution in [2.24, 2.45) is 0 Å². The second-order valence-electron chi connectivity index (χ2n) is 6.38. The van der Waals surface area contributed by atoms with Crippen LogP contribution in [0.15, 0.2) is 87.3 Å². The molecule has 0 aliphatic rings. The molecule has 0 saturated heterocycles. The first-order valence-corrected chi connectivity index (χ1v) is 11.2. The molecule has 2 aromatic carbocycles. The maximum absolute atomic E-state index is 16.2. The summed E-state index contributed by atoms with van der Waals surface area (Å²) in [6.07, 6.45) is -0.841. The number of hydrogen-bond donors (Lipinski definition) is 0. The minimum Gasteiger partial charge on any atom is -0.219 e. The SMILES string of the molecule is CC(C)=C=C(C)CC(F)(S(=O)(=O)c1ccccc1)S(=O)(=O)c1ccccc1.